The van der Waals surface area contributed by atoms with E-state index in [2.05, 4.69) is 26.0 Å². The van der Waals surface area contributed by atoms with Gasteiger partial charge in [-0.2, -0.15) is 0 Å². The average molecular weight is 519 g/mol. The summed E-state index contributed by atoms with van der Waals surface area (Å²) in [6.07, 6.45) is 8.12. The predicted molar refractivity (Wildman–Crippen MR) is 147 cm³/mol. The Bertz CT molecular complexity index is 1230. The van der Waals surface area contributed by atoms with E-state index in [-0.39, 0.29) is 36.0 Å². The van der Waals surface area contributed by atoms with Gasteiger partial charge in [-0.1, -0.05) is 63.4 Å². The second-order valence-corrected chi connectivity index (χ2v) is 12.6. The molecule has 4 fully saturated rings. The number of hydrogen-bond acceptors (Lipinski definition) is 5. The molecule has 2 aliphatic carbocycles. The van der Waals surface area contributed by atoms with E-state index in [0.29, 0.717) is 30.2 Å². The molecule has 38 heavy (non-hydrogen) atoms. The van der Waals surface area contributed by atoms with Crippen LogP contribution in [0.1, 0.15) is 94.5 Å². The lowest BCUT2D eigenvalue weighted by Crippen LogP contribution is -2.63. The van der Waals surface area contributed by atoms with Gasteiger partial charge >= 0.3 is 11.9 Å². The molecule has 204 valence electrons. The molecule has 5 nitrogen and oxygen atoms in total. The van der Waals surface area contributed by atoms with E-state index in [0.717, 1.165) is 42.0 Å². The molecule has 5 heteroatoms. The molecule has 2 unspecified atom stereocenters. The maximum Gasteiger partial charge on any atom is 0.338 e. The topological polar surface area (TPSA) is 61.8 Å². The van der Waals surface area contributed by atoms with Crippen LogP contribution in [0.25, 0.3) is 10.8 Å². The maximum atomic E-state index is 14.0. The van der Waals surface area contributed by atoms with Crippen molar-refractivity contribution in [1.29, 1.82) is 0 Å². The summed E-state index contributed by atoms with van der Waals surface area (Å²) in [6.45, 7) is 8.34. The van der Waals surface area contributed by atoms with Crippen molar-refractivity contribution in [3.8, 4) is 0 Å². The molecular weight excluding hydrogens is 476 g/mol. The monoisotopic (exact) mass is 518 g/mol. The van der Waals surface area contributed by atoms with Crippen LogP contribution in [-0.2, 0) is 19.0 Å². The fraction of sp³-hybridized carbons (Fsp3) is 0.636. The number of carbonyl (C=O) groups excluding carboxylic acids is 2. The summed E-state index contributed by atoms with van der Waals surface area (Å²) in [5, 5.41) is 2.20. The van der Waals surface area contributed by atoms with Gasteiger partial charge in [0, 0.05) is 18.8 Å². The predicted octanol–water partition coefficient (Wildman–Crippen LogP) is 7.17. The number of benzene rings is 2. The number of fused-ring (bicyclic) bond motifs is 5. The molecule has 2 aromatic carbocycles. The molecular formula is C33H42O5. The van der Waals surface area contributed by atoms with Gasteiger partial charge in [-0.05, 0) is 79.7 Å². The highest BCUT2D eigenvalue weighted by Gasteiger charge is 2.73. The van der Waals surface area contributed by atoms with Crippen LogP contribution in [-0.4, -0.2) is 35.3 Å². The summed E-state index contributed by atoms with van der Waals surface area (Å²) < 4.78 is 20.1. The van der Waals surface area contributed by atoms with Gasteiger partial charge in [-0.3, -0.25) is 4.79 Å². The zero-order chi connectivity index (χ0) is 26.7. The van der Waals surface area contributed by atoms with Crippen molar-refractivity contribution in [2.45, 2.75) is 109 Å². The number of esters is 2. The van der Waals surface area contributed by atoms with E-state index in [4.69, 9.17) is 14.2 Å². The van der Waals surface area contributed by atoms with E-state index >= 15 is 0 Å². The van der Waals surface area contributed by atoms with Crippen LogP contribution in [0.15, 0.2) is 36.4 Å². The Morgan fingerprint density at radius 1 is 1.00 bits per heavy atom. The van der Waals surface area contributed by atoms with Gasteiger partial charge in [0.25, 0.3) is 0 Å². The van der Waals surface area contributed by atoms with Gasteiger partial charge in [0.2, 0.25) is 0 Å². The quantitative estimate of drug-likeness (QED) is 0.393. The normalized spacial score (nSPS) is 36.7. The number of rotatable bonds is 5. The third-order valence-electron chi connectivity index (χ3n) is 10.7. The van der Waals surface area contributed by atoms with Gasteiger partial charge in [0.05, 0.1) is 5.56 Å². The second-order valence-electron chi connectivity index (χ2n) is 12.6. The molecule has 0 spiro atoms. The lowest BCUT2D eigenvalue weighted by molar-refractivity contribution is -0.265. The van der Waals surface area contributed by atoms with Gasteiger partial charge in [-0.15, -0.1) is 0 Å². The molecule has 7 atom stereocenters. The van der Waals surface area contributed by atoms with Crippen LogP contribution >= 0.6 is 0 Å². The summed E-state index contributed by atoms with van der Waals surface area (Å²) >= 11 is 0. The van der Waals surface area contributed by atoms with Gasteiger partial charge in [-0.25, -0.2) is 4.79 Å². The van der Waals surface area contributed by atoms with Gasteiger partial charge in [0.15, 0.2) is 0 Å². The minimum atomic E-state index is -0.617. The Morgan fingerprint density at radius 3 is 2.53 bits per heavy atom. The van der Waals surface area contributed by atoms with Crippen LogP contribution in [0.3, 0.4) is 0 Å². The van der Waals surface area contributed by atoms with E-state index in [1.807, 2.05) is 38.1 Å². The zero-order valence-corrected chi connectivity index (χ0v) is 23.3. The number of hydrogen-bond donors (Lipinski definition) is 0. The Labute approximate surface area is 226 Å². The van der Waals surface area contributed by atoms with E-state index in [9.17, 15) is 9.59 Å². The molecule has 2 saturated carbocycles. The zero-order valence-electron chi connectivity index (χ0n) is 23.3. The van der Waals surface area contributed by atoms with Crippen molar-refractivity contribution in [2.24, 2.45) is 23.7 Å². The van der Waals surface area contributed by atoms with Crippen molar-refractivity contribution >= 4 is 22.7 Å². The third-order valence-corrected chi connectivity index (χ3v) is 10.7. The van der Waals surface area contributed by atoms with E-state index in [1.165, 1.54) is 19.3 Å². The molecule has 2 aliphatic heterocycles. The summed E-state index contributed by atoms with van der Waals surface area (Å²) in [5.41, 5.74) is 0.427. The smallest absolute Gasteiger partial charge is 0.338 e. The Morgan fingerprint density at radius 2 is 1.76 bits per heavy atom. The summed E-state index contributed by atoms with van der Waals surface area (Å²) in [4.78, 5) is 26.6. The number of aryl methyl sites for hydroxylation is 1. The van der Waals surface area contributed by atoms with E-state index in [1.54, 1.807) is 0 Å². The molecule has 0 amide bonds. The Kier molecular flexibility index (Phi) is 6.57. The molecule has 2 bridgehead atoms. The number of carbonyl (C=O) groups is 2. The molecule has 6 rings (SSSR count). The maximum absolute atomic E-state index is 14.0. The lowest BCUT2D eigenvalue weighted by Gasteiger charge is -2.54. The van der Waals surface area contributed by atoms with Crippen LogP contribution < -0.4 is 0 Å². The van der Waals surface area contributed by atoms with Crippen LogP contribution in [0.5, 0.6) is 0 Å². The highest BCUT2D eigenvalue weighted by Crippen LogP contribution is 2.64. The van der Waals surface area contributed by atoms with Crippen molar-refractivity contribution in [3.63, 3.8) is 0 Å². The van der Waals surface area contributed by atoms with Crippen molar-refractivity contribution in [1.82, 2.24) is 0 Å². The minimum Gasteiger partial charge on any atom is -0.459 e. The van der Waals surface area contributed by atoms with Crippen molar-refractivity contribution < 1.29 is 23.8 Å². The molecule has 2 saturated heterocycles. The Hall–Kier alpha value is -2.40. The molecule has 2 aromatic rings. The first-order valence-corrected chi connectivity index (χ1v) is 14.9. The fourth-order valence-corrected chi connectivity index (χ4v) is 8.71. The lowest BCUT2D eigenvalue weighted by atomic mass is 9.66. The second kappa shape index (κ2) is 9.66. The highest BCUT2D eigenvalue weighted by molar-refractivity contribution is 5.98. The van der Waals surface area contributed by atoms with Crippen LogP contribution in [0.2, 0.25) is 0 Å². The molecule has 4 aliphatic rings. The van der Waals surface area contributed by atoms with E-state index < -0.39 is 11.2 Å². The first-order chi connectivity index (χ1) is 18.3. The molecule has 0 aromatic heterocycles. The highest BCUT2D eigenvalue weighted by atomic mass is 16.6. The van der Waals surface area contributed by atoms with Gasteiger partial charge < -0.3 is 14.2 Å². The largest absolute Gasteiger partial charge is 0.459 e. The summed E-state index contributed by atoms with van der Waals surface area (Å²) in [7, 11) is 0. The minimum absolute atomic E-state index is 0.172. The standard InChI is InChI=1S/C33H42O5/c1-5-28(34)36-27-19-33(23-12-7-6-8-13-23)30(29-20(2)15-18-26(29)32(27,4)38-33)37-31(35)25-17-16-22-11-9-10-14-24(22)21(25)3/h9-11,14,16-17,20,23,26-27,29-30H,5-8,12-13,15,18-19H2,1-4H3/t20?,26-,27-,29?,30+,32+,33-/m1/s1. The van der Waals surface area contributed by atoms with Crippen molar-refractivity contribution in [3.05, 3.63) is 47.5 Å². The summed E-state index contributed by atoms with van der Waals surface area (Å²) in [6, 6.07) is 12.1. The van der Waals surface area contributed by atoms with Gasteiger partial charge in [0.1, 0.15) is 23.4 Å². The average Bonchev–Trinajstić information content (AvgIpc) is 3.44. The summed E-state index contributed by atoms with van der Waals surface area (Å²) in [5.74, 6) is 0.682. The molecule has 2 heterocycles. The first-order valence-electron chi connectivity index (χ1n) is 14.9. The molecule has 0 radical (unpaired) electrons. The first kappa shape index (κ1) is 25.9. The SMILES string of the molecule is CCC(=O)O[C@@H]1C[C@]2(C3CCCCC3)O[C@@]1(C)[C@@H]1CCC(C)C1[C@@H]2OC(=O)c1ccc2ccccc2c1C. The van der Waals surface area contributed by atoms with Crippen LogP contribution in [0.4, 0.5) is 0 Å². The fourth-order valence-electron chi connectivity index (χ4n) is 8.71. The Balaban J connectivity index is 1.42. The number of ether oxygens (including phenoxy) is 3. The third kappa shape index (κ3) is 3.91. The van der Waals surface area contributed by atoms with Crippen molar-refractivity contribution in [2.75, 3.05) is 0 Å². The molecule has 0 N–H and O–H groups in total. The van der Waals surface area contributed by atoms with Crippen LogP contribution in [0, 0.1) is 30.6 Å².